The fraction of sp³-hybridized carbons (Fsp3) is 0.444. The lowest BCUT2D eigenvalue weighted by Gasteiger charge is -2.12. The predicted molar refractivity (Wildman–Crippen MR) is 97.5 cm³/mol. The van der Waals surface area contributed by atoms with Crippen molar-refractivity contribution >= 4 is 5.96 Å². The Bertz CT molecular complexity index is 621. The minimum atomic E-state index is 0.280. The Labute approximate surface area is 143 Å². The van der Waals surface area contributed by atoms with Crippen molar-refractivity contribution in [3.05, 3.63) is 48.3 Å². The molecule has 0 bridgehead atoms. The third-order valence-corrected chi connectivity index (χ3v) is 3.39. The van der Waals surface area contributed by atoms with Gasteiger partial charge in [-0.1, -0.05) is 18.2 Å². The summed E-state index contributed by atoms with van der Waals surface area (Å²) in [5.74, 6) is 0.772. The molecule has 0 fully saturated rings. The zero-order chi connectivity index (χ0) is 17.2. The highest BCUT2D eigenvalue weighted by atomic mass is 16.5. The number of para-hydroxylation sites is 1. The number of ether oxygens (including phenoxy) is 1. The third kappa shape index (κ3) is 6.04. The van der Waals surface area contributed by atoms with Crippen LogP contribution in [0, 0.1) is 0 Å². The van der Waals surface area contributed by atoms with Crippen LogP contribution in [0.25, 0.3) is 5.69 Å². The van der Waals surface area contributed by atoms with Gasteiger partial charge < -0.3 is 15.4 Å². The number of aromatic nitrogens is 2. The highest BCUT2D eigenvalue weighted by molar-refractivity contribution is 5.79. The Balaban J connectivity index is 1.74. The van der Waals surface area contributed by atoms with Crippen LogP contribution in [-0.4, -0.2) is 42.0 Å². The van der Waals surface area contributed by atoms with E-state index in [4.69, 9.17) is 4.74 Å². The Kier molecular flexibility index (Phi) is 7.29. The maximum absolute atomic E-state index is 5.52. The number of nitrogens with zero attached hydrogens (tertiary/aromatic N) is 3. The first-order chi connectivity index (χ1) is 11.7. The topological polar surface area (TPSA) is 63.5 Å². The van der Waals surface area contributed by atoms with Crippen molar-refractivity contribution in [1.29, 1.82) is 0 Å². The van der Waals surface area contributed by atoms with Crippen LogP contribution in [0.15, 0.2) is 47.6 Å². The van der Waals surface area contributed by atoms with Crippen LogP contribution in [0.5, 0.6) is 0 Å². The number of benzene rings is 1. The van der Waals surface area contributed by atoms with Gasteiger partial charge in [-0.3, -0.25) is 4.99 Å². The molecule has 0 unspecified atom stereocenters. The van der Waals surface area contributed by atoms with E-state index in [0.29, 0.717) is 6.54 Å². The molecule has 0 aliphatic rings. The number of hydrogen-bond donors (Lipinski definition) is 2. The zero-order valence-electron chi connectivity index (χ0n) is 14.7. The molecule has 0 atom stereocenters. The quantitative estimate of drug-likeness (QED) is 0.443. The van der Waals surface area contributed by atoms with E-state index < -0.39 is 0 Å². The number of guanidine groups is 1. The summed E-state index contributed by atoms with van der Waals surface area (Å²) in [6.07, 6.45) is 3.19. The first-order valence-electron chi connectivity index (χ1n) is 8.35. The van der Waals surface area contributed by atoms with Crippen LogP contribution < -0.4 is 10.6 Å². The minimum absolute atomic E-state index is 0.280. The molecule has 1 aromatic heterocycles. The van der Waals surface area contributed by atoms with E-state index in [-0.39, 0.29) is 6.10 Å². The largest absolute Gasteiger partial charge is 0.379 e. The molecule has 0 aliphatic heterocycles. The summed E-state index contributed by atoms with van der Waals surface area (Å²) >= 11 is 0. The fourth-order valence-corrected chi connectivity index (χ4v) is 2.17. The lowest BCUT2D eigenvalue weighted by atomic mass is 10.3. The van der Waals surface area contributed by atoms with Crippen molar-refractivity contribution in [1.82, 2.24) is 20.4 Å². The van der Waals surface area contributed by atoms with Gasteiger partial charge in [-0.25, -0.2) is 4.68 Å². The standard InChI is InChI=1S/C18H27N5O/c1-15(2)24-13-7-11-20-18(19-3)21-14-16-10-12-23(22-16)17-8-5-4-6-9-17/h4-6,8-10,12,15H,7,11,13-14H2,1-3H3,(H2,19,20,21). The fourth-order valence-electron chi connectivity index (χ4n) is 2.17. The van der Waals surface area contributed by atoms with Crippen LogP contribution in [0.4, 0.5) is 0 Å². The van der Waals surface area contributed by atoms with E-state index in [2.05, 4.69) is 20.7 Å². The molecule has 0 radical (unpaired) electrons. The van der Waals surface area contributed by atoms with Gasteiger partial charge in [-0.15, -0.1) is 0 Å². The SMILES string of the molecule is CN=C(NCCCOC(C)C)NCc1ccn(-c2ccccc2)n1. The maximum Gasteiger partial charge on any atom is 0.191 e. The van der Waals surface area contributed by atoms with Gasteiger partial charge in [0.1, 0.15) is 0 Å². The third-order valence-electron chi connectivity index (χ3n) is 3.39. The van der Waals surface area contributed by atoms with E-state index >= 15 is 0 Å². The van der Waals surface area contributed by atoms with Gasteiger partial charge in [0.2, 0.25) is 0 Å². The molecule has 6 heteroatoms. The van der Waals surface area contributed by atoms with Gasteiger partial charge in [0, 0.05) is 26.4 Å². The van der Waals surface area contributed by atoms with E-state index in [9.17, 15) is 0 Å². The molecule has 6 nitrogen and oxygen atoms in total. The Hall–Kier alpha value is -2.34. The number of hydrogen-bond acceptors (Lipinski definition) is 3. The lowest BCUT2D eigenvalue weighted by Crippen LogP contribution is -2.37. The zero-order valence-corrected chi connectivity index (χ0v) is 14.7. The second-order valence-electron chi connectivity index (χ2n) is 5.71. The molecule has 24 heavy (non-hydrogen) atoms. The molecule has 0 saturated carbocycles. The van der Waals surface area contributed by atoms with Crippen LogP contribution in [-0.2, 0) is 11.3 Å². The molecule has 0 spiro atoms. The van der Waals surface area contributed by atoms with Crippen molar-refractivity contribution in [2.45, 2.75) is 32.9 Å². The van der Waals surface area contributed by atoms with Gasteiger partial charge in [0.25, 0.3) is 0 Å². The highest BCUT2D eigenvalue weighted by Gasteiger charge is 2.03. The van der Waals surface area contributed by atoms with Crippen molar-refractivity contribution in [2.75, 3.05) is 20.2 Å². The highest BCUT2D eigenvalue weighted by Crippen LogP contribution is 2.06. The average molecular weight is 329 g/mol. The summed E-state index contributed by atoms with van der Waals surface area (Å²) in [6.45, 7) is 6.29. The summed E-state index contributed by atoms with van der Waals surface area (Å²) in [7, 11) is 1.77. The van der Waals surface area contributed by atoms with Gasteiger partial charge >= 0.3 is 0 Å². The van der Waals surface area contributed by atoms with Gasteiger partial charge in [0.15, 0.2) is 5.96 Å². The van der Waals surface area contributed by atoms with Crippen LogP contribution >= 0.6 is 0 Å². The summed E-state index contributed by atoms with van der Waals surface area (Å²) < 4.78 is 7.39. The van der Waals surface area contributed by atoms with E-state index in [1.54, 1.807) is 7.05 Å². The van der Waals surface area contributed by atoms with Crippen molar-refractivity contribution in [3.63, 3.8) is 0 Å². The second kappa shape index (κ2) is 9.72. The summed E-state index contributed by atoms with van der Waals surface area (Å²) in [4.78, 5) is 4.22. The molecule has 2 N–H and O–H groups in total. The average Bonchev–Trinajstić information content (AvgIpc) is 3.07. The minimum Gasteiger partial charge on any atom is -0.379 e. The molecule has 2 rings (SSSR count). The number of aliphatic imine (C=N–C) groups is 1. The van der Waals surface area contributed by atoms with E-state index in [1.165, 1.54) is 0 Å². The second-order valence-corrected chi connectivity index (χ2v) is 5.71. The lowest BCUT2D eigenvalue weighted by molar-refractivity contribution is 0.0776. The summed E-state index contributed by atoms with van der Waals surface area (Å²) in [5.41, 5.74) is 2.02. The Morgan fingerprint density at radius 3 is 2.71 bits per heavy atom. The van der Waals surface area contributed by atoms with Gasteiger partial charge in [-0.2, -0.15) is 5.10 Å². The van der Waals surface area contributed by atoms with Crippen molar-refractivity contribution in [2.24, 2.45) is 4.99 Å². The molecule has 0 saturated heterocycles. The van der Waals surface area contributed by atoms with E-state index in [0.717, 1.165) is 36.9 Å². The molecular formula is C18H27N5O. The monoisotopic (exact) mass is 329 g/mol. The smallest absolute Gasteiger partial charge is 0.191 e. The van der Waals surface area contributed by atoms with Crippen LogP contribution in [0.2, 0.25) is 0 Å². The van der Waals surface area contributed by atoms with Gasteiger partial charge in [-0.05, 0) is 38.5 Å². The molecule has 130 valence electrons. The molecule has 1 aromatic carbocycles. The van der Waals surface area contributed by atoms with Crippen LogP contribution in [0.3, 0.4) is 0 Å². The Morgan fingerprint density at radius 1 is 1.21 bits per heavy atom. The summed E-state index contributed by atoms with van der Waals surface area (Å²) in [5, 5.41) is 11.1. The summed E-state index contributed by atoms with van der Waals surface area (Å²) in [6, 6.07) is 12.1. The molecule has 0 amide bonds. The first kappa shape index (κ1) is 18.0. The van der Waals surface area contributed by atoms with Crippen LogP contribution in [0.1, 0.15) is 26.0 Å². The van der Waals surface area contributed by atoms with E-state index in [1.807, 2.05) is 61.1 Å². The normalized spacial score (nSPS) is 11.8. The molecule has 1 heterocycles. The number of nitrogens with one attached hydrogen (secondary N) is 2. The van der Waals surface area contributed by atoms with Crippen molar-refractivity contribution < 1.29 is 4.74 Å². The Morgan fingerprint density at radius 2 is 2.00 bits per heavy atom. The maximum atomic E-state index is 5.52. The predicted octanol–water partition coefficient (Wildman–Crippen LogP) is 2.35. The van der Waals surface area contributed by atoms with Crippen molar-refractivity contribution in [3.8, 4) is 5.69 Å². The first-order valence-corrected chi connectivity index (χ1v) is 8.35. The number of rotatable bonds is 8. The molecular weight excluding hydrogens is 302 g/mol. The molecule has 2 aromatic rings. The van der Waals surface area contributed by atoms with Gasteiger partial charge in [0.05, 0.1) is 24.0 Å². The molecule has 0 aliphatic carbocycles.